The quantitative estimate of drug-likeness (QED) is 0.0525. The molecule has 0 bridgehead atoms. The van der Waals surface area contributed by atoms with Gasteiger partial charge in [-0.2, -0.15) is 0 Å². The summed E-state index contributed by atoms with van der Waals surface area (Å²) < 4.78 is 0. The van der Waals surface area contributed by atoms with E-state index in [0.29, 0.717) is 0 Å². The van der Waals surface area contributed by atoms with E-state index in [2.05, 4.69) is 182 Å². The monoisotopic (exact) mass is 1140 g/mol. The Bertz CT molecular complexity index is 2540. The minimum absolute atomic E-state index is 0. The molecule has 0 saturated heterocycles. The molecule has 0 atom stereocenters. The van der Waals surface area contributed by atoms with Crippen molar-refractivity contribution >= 4 is 109 Å². The molecule has 1 nitrogen and oxygen atoms in total. The van der Waals surface area contributed by atoms with Crippen molar-refractivity contribution in [2.75, 3.05) is 37.0 Å². The van der Waals surface area contributed by atoms with Gasteiger partial charge in [-0.1, -0.05) is 290 Å². The van der Waals surface area contributed by atoms with Crippen LogP contribution in [0.2, 0.25) is 0 Å². The number of rotatable bonds is 21. The van der Waals surface area contributed by atoms with Crippen molar-refractivity contribution in [1.29, 1.82) is 0 Å². The molecule has 352 valence electrons. The third-order valence-electron chi connectivity index (χ3n) is 12.0. The van der Waals surface area contributed by atoms with Crippen LogP contribution in [-0.2, 0) is 72.4 Å². The Morgan fingerprint density at radius 2 is 0.493 bits per heavy atom. The third kappa shape index (κ3) is 15.6. The standard InChI is InChI=1S/C42H42P4S4.C17H14O.Pd/c47-43(31-34-44(48,37-19-7-1-8-20-37)38-21-9-2-10-22-38,32-35-45(49,39-23-11-3-12-24-39)40-25-13-4-14-26-40)33-36-46(50,41-27-15-5-16-28-41)42-29-17-6-18-30-42;18-17(13-11-15-7-3-1-4-8-15)14-12-16-9-5-2-6-10-16;/h1-30H,31-36H2;1-14H;. The van der Waals surface area contributed by atoms with E-state index in [9.17, 15) is 4.79 Å². The Labute approximate surface area is 446 Å². The van der Waals surface area contributed by atoms with E-state index in [0.717, 1.165) is 48.1 Å². The molecule has 0 saturated carbocycles. The smallest absolute Gasteiger partial charge is 0.141 e. The van der Waals surface area contributed by atoms with E-state index in [4.69, 9.17) is 47.2 Å². The Morgan fingerprint density at radius 1 is 0.304 bits per heavy atom. The van der Waals surface area contributed by atoms with Crippen molar-refractivity contribution in [3.8, 4) is 0 Å². The van der Waals surface area contributed by atoms with Crippen molar-refractivity contribution in [3.05, 3.63) is 279 Å². The van der Waals surface area contributed by atoms with Gasteiger partial charge in [0.1, 0.15) is 5.78 Å². The molecule has 0 unspecified atom stereocenters. The first-order valence-corrected chi connectivity index (χ1v) is 35.1. The van der Waals surface area contributed by atoms with Crippen molar-refractivity contribution in [2.24, 2.45) is 0 Å². The Balaban J connectivity index is 0.000000345. The van der Waals surface area contributed by atoms with Crippen molar-refractivity contribution in [3.63, 3.8) is 0 Å². The number of carbonyl (C=O) groups is 1. The summed E-state index contributed by atoms with van der Waals surface area (Å²) in [5, 5.41) is 7.58. The van der Waals surface area contributed by atoms with E-state index in [1.54, 1.807) is 12.8 Å². The molecule has 8 aromatic rings. The molecule has 0 aliphatic heterocycles. The molecule has 0 N–H and O–H groups in total. The minimum atomic E-state index is -2.12. The normalized spacial score (nSPS) is 11.7. The summed E-state index contributed by atoms with van der Waals surface area (Å²) in [6, 6.07) is 75.9. The summed E-state index contributed by atoms with van der Waals surface area (Å²) in [7, 11) is 0. The average Bonchev–Trinajstić information content (AvgIpc) is 3.42. The molecule has 0 aromatic heterocycles. The maximum absolute atomic E-state index is 11.6. The predicted octanol–water partition coefficient (Wildman–Crippen LogP) is 12.3. The van der Waals surface area contributed by atoms with Gasteiger partial charge < -0.3 is 0 Å². The predicted molar refractivity (Wildman–Crippen MR) is 316 cm³/mol. The minimum Gasteiger partial charge on any atom is -0.299 e. The van der Waals surface area contributed by atoms with Gasteiger partial charge in [-0.05, 0) is 86.0 Å². The van der Waals surface area contributed by atoms with Crippen LogP contribution in [0.1, 0.15) is 11.1 Å². The maximum Gasteiger partial charge on any atom is 0.141 e. The summed E-state index contributed by atoms with van der Waals surface area (Å²) in [4.78, 5) is 11.6. The van der Waals surface area contributed by atoms with Crippen LogP contribution in [0.3, 0.4) is 0 Å². The Kier molecular flexibility index (Phi) is 21.9. The number of hydrogen-bond acceptors (Lipinski definition) is 5. The number of ketones is 1. The molecule has 10 heteroatoms. The van der Waals surface area contributed by atoms with E-state index >= 15 is 0 Å². The summed E-state index contributed by atoms with van der Waals surface area (Å²) in [5.41, 5.74) is 2.05. The first kappa shape index (κ1) is 55.0. The zero-order valence-electron chi connectivity index (χ0n) is 38.3. The first-order chi connectivity index (χ1) is 33.1. The van der Waals surface area contributed by atoms with Crippen LogP contribution >= 0.6 is 24.2 Å². The molecule has 69 heavy (non-hydrogen) atoms. The zero-order chi connectivity index (χ0) is 47.6. The van der Waals surface area contributed by atoms with E-state index in [1.807, 2.05) is 73.5 Å². The molecule has 0 aliphatic carbocycles. The SMILES string of the molecule is O=C([CH][CH]c1ccccc1)[CH][CH]c1ccccc1.S=P(CCP(=S)(c1ccccc1)c1ccccc1)(CCP(=S)(c1ccccc1)c1ccccc1)CCP(=S)(c1ccccc1)c1ccccc1.[Pd]. The fraction of sp³-hybridized carbons (Fsp3) is 0.102. The van der Waals surface area contributed by atoms with Crippen molar-refractivity contribution in [1.82, 2.24) is 0 Å². The third-order valence-corrected chi connectivity index (χ3v) is 32.6. The zero-order valence-corrected chi connectivity index (χ0v) is 46.7. The van der Waals surface area contributed by atoms with Crippen LogP contribution in [0.5, 0.6) is 0 Å². The van der Waals surface area contributed by atoms with Gasteiger partial charge in [0, 0.05) is 64.2 Å². The Morgan fingerprint density at radius 3 is 0.696 bits per heavy atom. The molecule has 0 spiro atoms. The molecule has 0 aliphatic rings. The van der Waals surface area contributed by atoms with Crippen molar-refractivity contribution in [2.45, 2.75) is 0 Å². The summed E-state index contributed by atoms with van der Waals surface area (Å²) >= 11 is 27.4. The topological polar surface area (TPSA) is 17.1 Å². The van der Waals surface area contributed by atoms with E-state index < -0.39 is 24.2 Å². The van der Waals surface area contributed by atoms with Gasteiger partial charge in [-0.25, -0.2) is 0 Å². The second-order valence-corrected chi connectivity index (χ2v) is 36.8. The second kappa shape index (κ2) is 27.5. The molecular formula is C59H56OP4PdS4. The van der Waals surface area contributed by atoms with Gasteiger partial charge in [0.2, 0.25) is 0 Å². The number of Topliss-reactive ketones (excluding diaryl/α,β-unsaturated/α-hetero) is 1. The maximum atomic E-state index is 11.6. The fourth-order valence-corrected chi connectivity index (χ4v) is 29.5. The number of hydrogen-bond donors (Lipinski definition) is 0. The van der Waals surface area contributed by atoms with Gasteiger partial charge in [-0.15, -0.1) is 0 Å². The average molecular weight is 1140 g/mol. The summed E-state index contributed by atoms with van der Waals surface area (Å²) in [6.45, 7) is 0. The summed E-state index contributed by atoms with van der Waals surface area (Å²) in [5.74, 6) is -0.0114. The summed E-state index contributed by atoms with van der Waals surface area (Å²) in [6.07, 6.45) is 12.4. The molecular weight excluding hydrogens is 1080 g/mol. The van der Waals surface area contributed by atoms with Gasteiger partial charge in [0.05, 0.1) is 0 Å². The largest absolute Gasteiger partial charge is 0.299 e. The van der Waals surface area contributed by atoms with Crippen molar-refractivity contribution < 1.29 is 25.2 Å². The van der Waals surface area contributed by atoms with Crippen LogP contribution in [0, 0.1) is 25.7 Å². The molecule has 0 amide bonds. The molecule has 0 fully saturated rings. The second-order valence-electron chi connectivity index (χ2n) is 16.5. The molecule has 8 aromatic carbocycles. The Hall–Kier alpha value is -3.31. The van der Waals surface area contributed by atoms with Gasteiger partial charge in [0.15, 0.2) is 0 Å². The first-order valence-electron chi connectivity index (χ1n) is 22.8. The van der Waals surface area contributed by atoms with Crippen LogP contribution in [0.25, 0.3) is 0 Å². The number of carbonyl (C=O) groups excluding carboxylic acids is 1. The van der Waals surface area contributed by atoms with Gasteiger partial charge >= 0.3 is 0 Å². The van der Waals surface area contributed by atoms with Gasteiger partial charge in [0.25, 0.3) is 0 Å². The van der Waals surface area contributed by atoms with Crippen LogP contribution in [-0.4, -0.2) is 42.8 Å². The van der Waals surface area contributed by atoms with Crippen LogP contribution in [0.4, 0.5) is 0 Å². The molecule has 4 radical (unpaired) electrons. The van der Waals surface area contributed by atoms with Crippen LogP contribution < -0.4 is 31.8 Å². The van der Waals surface area contributed by atoms with Crippen LogP contribution in [0.15, 0.2) is 243 Å². The van der Waals surface area contributed by atoms with E-state index in [-0.39, 0.29) is 26.2 Å². The van der Waals surface area contributed by atoms with E-state index in [1.165, 1.54) is 31.8 Å². The molecule has 8 rings (SSSR count). The number of benzene rings is 8. The molecule has 0 heterocycles. The van der Waals surface area contributed by atoms with Gasteiger partial charge in [-0.3, -0.25) is 4.79 Å². The fourth-order valence-electron chi connectivity index (χ4n) is 8.08.